The van der Waals surface area contributed by atoms with E-state index in [0.717, 1.165) is 47.9 Å². The molecule has 5 rings (SSSR count). The maximum absolute atomic E-state index is 12.8. The number of nitrogens with zero attached hydrogens (tertiary/aromatic N) is 3. The molecule has 1 aromatic carbocycles. The van der Waals surface area contributed by atoms with Crippen molar-refractivity contribution >= 4 is 11.3 Å². The van der Waals surface area contributed by atoms with Crippen LogP contribution in [-0.2, 0) is 26.1 Å². The largest absolute Gasteiger partial charge is 0.497 e. The van der Waals surface area contributed by atoms with Crippen LogP contribution in [0.15, 0.2) is 64.9 Å². The van der Waals surface area contributed by atoms with Crippen molar-refractivity contribution in [3.63, 3.8) is 0 Å². The van der Waals surface area contributed by atoms with Gasteiger partial charge in [0.15, 0.2) is 5.82 Å². The second-order valence-electron chi connectivity index (χ2n) is 7.75. The van der Waals surface area contributed by atoms with Crippen LogP contribution in [0.3, 0.4) is 0 Å². The Kier molecular flexibility index (Phi) is 5.44. The molecule has 7 heteroatoms. The summed E-state index contributed by atoms with van der Waals surface area (Å²) in [6.45, 7) is 3.12. The third kappa shape index (κ3) is 4.19. The van der Waals surface area contributed by atoms with E-state index in [1.807, 2.05) is 29.6 Å². The number of hydrogen-bond acceptors (Lipinski definition) is 5. The highest BCUT2D eigenvalue weighted by Crippen LogP contribution is 2.23. The van der Waals surface area contributed by atoms with Crippen molar-refractivity contribution in [2.45, 2.75) is 26.1 Å². The Bertz CT molecular complexity index is 1230. The molecule has 0 saturated carbocycles. The van der Waals surface area contributed by atoms with Crippen LogP contribution in [0.5, 0.6) is 5.75 Å². The maximum atomic E-state index is 12.8. The monoisotopic (exact) mass is 432 g/mol. The van der Waals surface area contributed by atoms with Crippen molar-refractivity contribution in [1.82, 2.24) is 19.4 Å². The minimum absolute atomic E-state index is 0.0216. The van der Waals surface area contributed by atoms with Crippen LogP contribution in [0.1, 0.15) is 22.5 Å². The summed E-state index contributed by atoms with van der Waals surface area (Å²) in [6.07, 6.45) is 2.90. The third-order valence-corrected chi connectivity index (χ3v) is 6.60. The number of ether oxygens (including phenoxy) is 1. The van der Waals surface area contributed by atoms with Crippen molar-refractivity contribution in [1.29, 1.82) is 0 Å². The van der Waals surface area contributed by atoms with Gasteiger partial charge in [0, 0.05) is 44.5 Å². The molecule has 3 aromatic heterocycles. The highest BCUT2D eigenvalue weighted by molar-refractivity contribution is 7.13. The molecule has 0 atom stereocenters. The lowest BCUT2D eigenvalue weighted by Gasteiger charge is -2.28. The molecule has 0 amide bonds. The standard InChI is InChI=1S/C24H24N4O2S/c1-30-19-8-6-17(7-9-19)14-28-11-2-4-18(28)15-27-12-10-21-20(16-27)24(29)26-23(25-21)22-5-3-13-31-22/h2-9,11,13H,10,12,14-16H2,1H3,(H,25,26,29). The Hall–Kier alpha value is -3.16. The second kappa shape index (κ2) is 8.53. The van der Waals surface area contributed by atoms with Gasteiger partial charge in [-0.3, -0.25) is 9.69 Å². The summed E-state index contributed by atoms with van der Waals surface area (Å²) in [4.78, 5) is 23.8. The number of thiophene rings is 1. The number of H-pyrrole nitrogens is 1. The molecule has 0 radical (unpaired) electrons. The number of aromatic nitrogens is 3. The van der Waals surface area contributed by atoms with Gasteiger partial charge in [0.25, 0.3) is 5.56 Å². The van der Waals surface area contributed by atoms with Crippen LogP contribution < -0.4 is 10.3 Å². The number of nitrogens with one attached hydrogen (secondary N) is 1. The molecule has 6 nitrogen and oxygen atoms in total. The van der Waals surface area contributed by atoms with E-state index in [-0.39, 0.29) is 5.56 Å². The Morgan fingerprint density at radius 3 is 2.77 bits per heavy atom. The molecular formula is C24H24N4O2S. The number of methoxy groups -OCH3 is 1. The fourth-order valence-corrected chi connectivity index (χ4v) is 4.72. The van der Waals surface area contributed by atoms with Crippen molar-refractivity contribution in [2.24, 2.45) is 0 Å². The SMILES string of the molecule is COc1ccc(Cn2cccc2CN2CCc3nc(-c4cccs4)[nH]c(=O)c3C2)cc1. The number of fused-ring (bicyclic) bond motifs is 1. The average molecular weight is 433 g/mol. The highest BCUT2D eigenvalue weighted by Gasteiger charge is 2.22. The molecule has 4 heterocycles. The predicted octanol–water partition coefficient (Wildman–Crippen LogP) is 3.92. The summed E-state index contributed by atoms with van der Waals surface area (Å²) in [6, 6.07) is 16.4. The quantitative estimate of drug-likeness (QED) is 0.502. The Balaban J connectivity index is 1.31. The molecule has 158 valence electrons. The summed E-state index contributed by atoms with van der Waals surface area (Å²) >= 11 is 1.59. The van der Waals surface area contributed by atoms with Gasteiger partial charge in [-0.25, -0.2) is 4.98 Å². The first kappa shape index (κ1) is 19.8. The number of aromatic amines is 1. The smallest absolute Gasteiger partial charge is 0.255 e. The first-order valence-electron chi connectivity index (χ1n) is 10.3. The van der Waals surface area contributed by atoms with Gasteiger partial charge in [-0.15, -0.1) is 11.3 Å². The molecule has 4 aromatic rings. The van der Waals surface area contributed by atoms with Crippen LogP contribution in [-0.4, -0.2) is 33.1 Å². The molecule has 0 fully saturated rings. The lowest BCUT2D eigenvalue weighted by molar-refractivity contribution is 0.236. The van der Waals surface area contributed by atoms with Crippen molar-refractivity contribution in [3.8, 4) is 16.5 Å². The number of hydrogen-bond donors (Lipinski definition) is 1. The number of rotatable bonds is 6. The molecule has 0 bridgehead atoms. The zero-order valence-electron chi connectivity index (χ0n) is 17.4. The number of benzene rings is 1. The van der Waals surface area contributed by atoms with E-state index in [9.17, 15) is 4.79 Å². The van der Waals surface area contributed by atoms with E-state index in [2.05, 4.69) is 44.9 Å². The average Bonchev–Trinajstić information content (AvgIpc) is 3.47. The highest BCUT2D eigenvalue weighted by atomic mass is 32.1. The minimum atomic E-state index is -0.0216. The first-order valence-corrected chi connectivity index (χ1v) is 11.2. The summed E-state index contributed by atoms with van der Waals surface area (Å²) in [5.74, 6) is 1.55. The predicted molar refractivity (Wildman–Crippen MR) is 123 cm³/mol. The molecule has 0 saturated heterocycles. The van der Waals surface area contributed by atoms with E-state index < -0.39 is 0 Å². The van der Waals surface area contributed by atoms with Crippen molar-refractivity contribution in [3.05, 3.63) is 93.0 Å². The zero-order chi connectivity index (χ0) is 21.2. The molecule has 0 unspecified atom stereocenters. The molecule has 1 aliphatic heterocycles. The fraction of sp³-hybridized carbons (Fsp3) is 0.250. The van der Waals surface area contributed by atoms with E-state index in [1.165, 1.54) is 11.3 Å². The van der Waals surface area contributed by atoms with E-state index in [4.69, 9.17) is 9.72 Å². The molecule has 1 aliphatic rings. The summed E-state index contributed by atoms with van der Waals surface area (Å²) in [5, 5.41) is 2.00. The maximum Gasteiger partial charge on any atom is 0.255 e. The van der Waals surface area contributed by atoms with Gasteiger partial charge in [-0.05, 0) is 41.3 Å². The van der Waals surface area contributed by atoms with Crippen LogP contribution in [0.4, 0.5) is 0 Å². The van der Waals surface area contributed by atoms with Gasteiger partial charge >= 0.3 is 0 Å². The van der Waals surface area contributed by atoms with E-state index >= 15 is 0 Å². The normalized spacial score (nSPS) is 13.8. The van der Waals surface area contributed by atoms with Crippen LogP contribution >= 0.6 is 11.3 Å². The molecule has 0 aliphatic carbocycles. The van der Waals surface area contributed by atoms with Gasteiger partial charge < -0.3 is 14.3 Å². The van der Waals surface area contributed by atoms with Crippen molar-refractivity contribution in [2.75, 3.05) is 13.7 Å². The van der Waals surface area contributed by atoms with Crippen LogP contribution in [0.2, 0.25) is 0 Å². The van der Waals surface area contributed by atoms with Gasteiger partial charge in [0.1, 0.15) is 5.75 Å². The summed E-state index contributed by atoms with van der Waals surface area (Å²) < 4.78 is 7.51. The van der Waals surface area contributed by atoms with Crippen LogP contribution in [0, 0.1) is 0 Å². The minimum Gasteiger partial charge on any atom is -0.497 e. The topological polar surface area (TPSA) is 63.1 Å². The second-order valence-corrected chi connectivity index (χ2v) is 8.70. The molecule has 1 N–H and O–H groups in total. The van der Waals surface area contributed by atoms with Crippen molar-refractivity contribution < 1.29 is 4.74 Å². The fourth-order valence-electron chi connectivity index (χ4n) is 4.05. The Morgan fingerprint density at radius 1 is 1.13 bits per heavy atom. The lowest BCUT2D eigenvalue weighted by atomic mass is 10.1. The van der Waals surface area contributed by atoms with Gasteiger partial charge in [-0.1, -0.05) is 18.2 Å². The first-order chi connectivity index (χ1) is 15.2. The zero-order valence-corrected chi connectivity index (χ0v) is 18.2. The summed E-state index contributed by atoms with van der Waals surface area (Å²) in [7, 11) is 1.68. The van der Waals surface area contributed by atoms with E-state index in [0.29, 0.717) is 12.4 Å². The molecule has 0 spiro atoms. The van der Waals surface area contributed by atoms with Gasteiger partial charge in [0.2, 0.25) is 0 Å². The van der Waals surface area contributed by atoms with Crippen LogP contribution in [0.25, 0.3) is 10.7 Å². The van der Waals surface area contributed by atoms with Gasteiger partial charge in [0.05, 0.1) is 23.2 Å². The van der Waals surface area contributed by atoms with Gasteiger partial charge in [-0.2, -0.15) is 0 Å². The Morgan fingerprint density at radius 2 is 2.00 bits per heavy atom. The Labute approximate surface area is 184 Å². The molecular weight excluding hydrogens is 408 g/mol. The third-order valence-electron chi connectivity index (χ3n) is 5.72. The summed E-state index contributed by atoms with van der Waals surface area (Å²) in [5.41, 5.74) is 4.16. The van der Waals surface area contributed by atoms with E-state index in [1.54, 1.807) is 18.4 Å². The lowest BCUT2D eigenvalue weighted by Crippen LogP contribution is -2.35. The molecule has 31 heavy (non-hydrogen) atoms.